The Bertz CT molecular complexity index is 728. The quantitative estimate of drug-likeness (QED) is 0.760. The predicted molar refractivity (Wildman–Crippen MR) is 78.0 cm³/mol. The number of rotatable bonds is 4. The molecule has 100 valence electrons. The maximum atomic E-state index is 11.5. The highest BCUT2D eigenvalue weighted by atomic mass is 16.1. The molecule has 0 bridgehead atoms. The number of aromatic amines is 1. The summed E-state index contributed by atoms with van der Waals surface area (Å²) in [6.45, 7) is 0.720. The van der Waals surface area contributed by atoms with Gasteiger partial charge in [-0.25, -0.2) is 4.79 Å². The van der Waals surface area contributed by atoms with Gasteiger partial charge >= 0.3 is 5.69 Å². The molecule has 0 unspecified atom stereocenters. The van der Waals surface area contributed by atoms with Crippen molar-refractivity contribution < 1.29 is 0 Å². The average Bonchev–Trinajstić information content (AvgIpc) is 2.93. The fraction of sp³-hybridized carbons (Fsp3) is 0.0667. The van der Waals surface area contributed by atoms with Gasteiger partial charge in [-0.15, -0.1) is 0 Å². The van der Waals surface area contributed by atoms with E-state index in [0.29, 0.717) is 0 Å². The number of pyridine rings is 1. The first-order valence-corrected chi connectivity index (χ1v) is 6.32. The topological polar surface area (TPSA) is 62.7 Å². The van der Waals surface area contributed by atoms with Gasteiger partial charge in [0.1, 0.15) is 0 Å². The molecule has 0 saturated carbocycles. The van der Waals surface area contributed by atoms with Gasteiger partial charge in [-0.1, -0.05) is 6.07 Å². The summed E-state index contributed by atoms with van der Waals surface area (Å²) in [4.78, 5) is 18.2. The highest BCUT2D eigenvalue weighted by Gasteiger charge is 2.00. The van der Waals surface area contributed by atoms with Gasteiger partial charge in [-0.2, -0.15) is 0 Å². The van der Waals surface area contributed by atoms with Crippen LogP contribution in [0.1, 0.15) is 5.56 Å². The summed E-state index contributed by atoms with van der Waals surface area (Å²) in [5.74, 6) is 0. The zero-order valence-corrected chi connectivity index (χ0v) is 10.8. The van der Waals surface area contributed by atoms with Crippen molar-refractivity contribution in [3.8, 4) is 5.69 Å². The lowest BCUT2D eigenvalue weighted by Crippen LogP contribution is -2.13. The summed E-state index contributed by atoms with van der Waals surface area (Å²) < 4.78 is 1.56. The molecule has 0 aliphatic heterocycles. The summed E-state index contributed by atoms with van der Waals surface area (Å²) in [6, 6.07) is 11.6. The van der Waals surface area contributed by atoms with Crippen LogP contribution in [0, 0.1) is 0 Å². The molecular weight excluding hydrogens is 252 g/mol. The van der Waals surface area contributed by atoms with Crippen molar-refractivity contribution in [3.63, 3.8) is 0 Å². The highest BCUT2D eigenvalue weighted by Crippen LogP contribution is 2.12. The number of anilines is 1. The van der Waals surface area contributed by atoms with Crippen molar-refractivity contribution >= 4 is 5.69 Å². The molecule has 3 aromatic rings. The Balaban J connectivity index is 1.71. The van der Waals surface area contributed by atoms with Gasteiger partial charge < -0.3 is 10.3 Å². The highest BCUT2D eigenvalue weighted by molar-refractivity contribution is 5.49. The van der Waals surface area contributed by atoms with Crippen molar-refractivity contribution in [3.05, 3.63) is 77.2 Å². The van der Waals surface area contributed by atoms with E-state index < -0.39 is 0 Å². The molecule has 5 nitrogen and oxygen atoms in total. The first kappa shape index (κ1) is 12.2. The van der Waals surface area contributed by atoms with Crippen molar-refractivity contribution in [2.75, 3.05) is 5.32 Å². The van der Waals surface area contributed by atoms with Gasteiger partial charge in [0, 0.05) is 37.0 Å². The number of hydrogen-bond acceptors (Lipinski definition) is 3. The van der Waals surface area contributed by atoms with Crippen molar-refractivity contribution in [1.82, 2.24) is 14.5 Å². The summed E-state index contributed by atoms with van der Waals surface area (Å²) in [5, 5.41) is 3.31. The second-order valence-electron chi connectivity index (χ2n) is 4.40. The van der Waals surface area contributed by atoms with E-state index in [1.165, 1.54) is 0 Å². The van der Waals surface area contributed by atoms with E-state index in [9.17, 15) is 4.79 Å². The standard InChI is InChI=1S/C15H14N4O/c20-15-17-8-9-19(15)14-5-3-13(4-6-14)18-11-12-2-1-7-16-10-12/h1-10,18H,11H2,(H,17,20). The van der Waals surface area contributed by atoms with Crippen LogP contribution in [-0.2, 0) is 6.54 Å². The monoisotopic (exact) mass is 266 g/mol. The van der Waals surface area contributed by atoms with Crippen LogP contribution in [0.3, 0.4) is 0 Å². The number of nitrogens with zero attached hydrogens (tertiary/aromatic N) is 2. The summed E-state index contributed by atoms with van der Waals surface area (Å²) in [7, 11) is 0. The Morgan fingerprint density at radius 2 is 2.05 bits per heavy atom. The lowest BCUT2D eigenvalue weighted by atomic mass is 10.2. The summed E-state index contributed by atoms with van der Waals surface area (Å²) >= 11 is 0. The number of hydrogen-bond donors (Lipinski definition) is 2. The van der Waals surface area contributed by atoms with Gasteiger partial charge in [0.25, 0.3) is 0 Å². The van der Waals surface area contributed by atoms with Gasteiger partial charge in [0.05, 0.1) is 5.69 Å². The van der Waals surface area contributed by atoms with Crippen LogP contribution in [0.2, 0.25) is 0 Å². The Morgan fingerprint density at radius 1 is 1.20 bits per heavy atom. The van der Waals surface area contributed by atoms with Crippen LogP contribution in [-0.4, -0.2) is 14.5 Å². The van der Waals surface area contributed by atoms with E-state index in [1.54, 1.807) is 23.2 Å². The van der Waals surface area contributed by atoms with Crippen LogP contribution >= 0.6 is 0 Å². The first-order valence-electron chi connectivity index (χ1n) is 6.32. The van der Waals surface area contributed by atoms with E-state index in [1.807, 2.05) is 42.6 Å². The second-order valence-corrected chi connectivity index (χ2v) is 4.40. The van der Waals surface area contributed by atoms with Crippen LogP contribution in [0.25, 0.3) is 5.69 Å². The first-order chi connectivity index (χ1) is 9.83. The molecule has 0 aliphatic rings. The summed E-state index contributed by atoms with van der Waals surface area (Å²) in [6.07, 6.45) is 6.92. The third-order valence-electron chi connectivity index (χ3n) is 3.01. The minimum atomic E-state index is -0.138. The third-order valence-corrected chi connectivity index (χ3v) is 3.01. The second kappa shape index (κ2) is 5.44. The zero-order chi connectivity index (χ0) is 13.8. The molecule has 0 radical (unpaired) electrons. The normalized spacial score (nSPS) is 10.4. The molecule has 3 rings (SSSR count). The van der Waals surface area contributed by atoms with E-state index in [2.05, 4.69) is 15.3 Å². The Hall–Kier alpha value is -2.82. The molecule has 5 heteroatoms. The lowest BCUT2D eigenvalue weighted by molar-refractivity contribution is 0.987. The van der Waals surface area contributed by atoms with Crippen molar-refractivity contribution in [1.29, 1.82) is 0 Å². The molecule has 20 heavy (non-hydrogen) atoms. The maximum absolute atomic E-state index is 11.5. The van der Waals surface area contributed by atoms with E-state index in [4.69, 9.17) is 0 Å². The molecular formula is C15H14N4O. The maximum Gasteiger partial charge on any atom is 0.330 e. The number of benzene rings is 1. The Morgan fingerprint density at radius 3 is 2.70 bits per heavy atom. The molecule has 2 N–H and O–H groups in total. The molecule has 0 spiro atoms. The van der Waals surface area contributed by atoms with Gasteiger partial charge in [0.2, 0.25) is 0 Å². The van der Waals surface area contributed by atoms with Crippen LogP contribution in [0.15, 0.2) is 66.0 Å². The van der Waals surface area contributed by atoms with E-state index in [0.717, 1.165) is 23.5 Å². The van der Waals surface area contributed by atoms with Crippen LogP contribution < -0.4 is 11.0 Å². The molecule has 0 atom stereocenters. The minimum Gasteiger partial charge on any atom is -0.381 e. The summed E-state index contributed by atoms with van der Waals surface area (Å²) in [5.41, 5.74) is 2.82. The van der Waals surface area contributed by atoms with Crippen molar-refractivity contribution in [2.45, 2.75) is 6.54 Å². The smallest absolute Gasteiger partial charge is 0.330 e. The third kappa shape index (κ3) is 2.61. The Labute approximate surface area is 115 Å². The fourth-order valence-electron chi connectivity index (χ4n) is 1.97. The Kier molecular flexibility index (Phi) is 3.33. The molecule has 0 saturated heterocycles. The molecule has 1 aromatic carbocycles. The minimum absolute atomic E-state index is 0.138. The largest absolute Gasteiger partial charge is 0.381 e. The fourth-order valence-corrected chi connectivity index (χ4v) is 1.97. The van der Waals surface area contributed by atoms with E-state index >= 15 is 0 Å². The van der Waals surface area contributed by atoms with Crippen molar-refractivity contribution in [2.24, 2.45) is 0 Å². The number of imidazole rings is 1. The zero-order valence-electron chi connectivity index (χ0n) is 10.8. The average molecular weight is 266 g/mol. The number of nitrogens with one attached hydrogen (secondary N) is 2. The number of aromatic nitrogens is 3. The molecule has 2 aromatic heterocycles. The number of H-pyrrole nitrogens is 1. The lowest BCUT2D eigenvalue weighted by Gasteiger charge is -2.07. The van der Waals surface area contributed by atoms with Crippen LogP contribution in [0.4, 0.5) is 5.69 Å². The molecule has 0 fully saturated rings. The molecule has 0 aliphatic carbocycles. The molecule has 0 amide bonds. The molecule has 2 heterocycles. The van der Waals surface area contributed by atoms with Gasteiger partial charge in [-0.05, 0) is 35.9 Å². The predicted octanol–water partition coefficient (Wildman–Crippen LogP) is 2.17. The van der Waals surface area contributed by atoms with E-state index in [-0.39, 0.29) is 5.69 Å². The van der Waals surface area contributed by atoms with Gasteiger partial charge in [-0.3, -0.25) is 9.55 Å². The van der Waals surface area contributed by atoms with Gasteiger partial charge in [0.15, 0.2) is 0 Å². The van der Waals surface area contributed by atoms with Crippen LogP contribution in [0.5, 0.6) is 0 Å². The SMILES string of the molecule is O=c1[nH]ccn1-c1ccc(NCc2cccnc2)cc1.